The maximum absolute atomic E-state index is 15.8. The first-order valence-corrected chi connectivity index (χ1v) is 20.1. The minimum absolute atomic E-state index is 0.300. The molecule has 0 unspecified atom stereocenters. The average molecular weight is 593 g/mol. The average Bonchev–Trinajstić information content (AvgIpc) is 3.18. The van der Waals surface area contributed by atoms with Crippen molar-refractivity contribution in [3.8, 4) is 0 Å². The molecule has 43 heavy (non-hydrogen) atoms. The van der Waals surface area contributed by atoms with Crippen LogP contribution in [-0.4, -0.2) is 21.9 Å². The molecule has 0 spiro atoms. The number of fused-ring (bicyclic) bond motifs is 1. The molecule has 0 amide bonds. The second-order valence-electron chi connectivity index (χ2n) is 11.9. The fourth-order valence-corrected chi connectivity index (χ4v) is 17.7. The van der Waals surface area contributed by atoms with Crippen molar-refractivity contribution in [2.75, 3.05) is 0 Å². The minimum atomic E-state index is -2.79. The summed E-state index contributed by atoms with van der Waals surface area (Å²) in [7, 11) is -5.57. The van der Waals surface area contributed by atoms with Gasteiger partial charge < -0.3 is 0 Å². The van der Waals surface area contributed by atoms with Crippen LogP contribution in [0.3, 0.4) is 0 Å². The van der Waals surface area contributed by atoms with Gasteiger partial charge >= 0.3 is 0 Å². The Morgan fingerprint density at radius 3 is 1.07 bits per heavy atom. The largest absolute Gasteiger partial charge is 0.290 e. The Labute approximate surface area is 259 Å². The molecule has 0 bridgehead atoms. The number of carbonyl (C=O) groups is 1. The van der Waals surface area contributed by atoms with E-state index in [2.05, 4.69) is 147 Å². The number of rotatable bonds is 10. The fraction of sp³-hybridized carbons (Fsp3) is 0.175. The normalized spacial score (nSPS) is 15.7. The van der Waals surface area contributed by atoms with E-state index >= 15 is 4.79 Å². The molecule has 1 saturated carbocycles. The summed E-state index contributed by atoms with van der Waals surface area (Å²) >= 11 is 0. The van der Waals surface area contributed by atoms with Gasteiger partial charge in [-0.25, -0.2) is 0 Å². The Bertz CT molecular complexity index is 1460. The number of hydrogen-bond donors (Lipinski definition) is 0. The summed E-state index contributed by atoms with van der Waals surface area (Å²) in [4.78, 5) is 15.8. The van der Waals surface area contributed by atoms with Crippen LogP contribution < -0.4 is 20.7 Å². The van der Waals surface area contributed by atoms with Gasteiger partial charge in [0.05, 0.1) is 0 Å². The van der Waals surface area contributed by atoms with Crippen molar-refractivity contribution in [2.45, 2.75) is 44.2 Å². The van der Waals surface area contributed by atoms with Crippen molar-refractivity contribution in [3.05, 3.63) is 168 Å². The molecule has 0 radical (unpaired) electrons. The van der Waals surface area contributed by atoms with E-state index in [0.717, 1.165) is 48.2 Å². The lowest BCUT2D eigenvalue weighted by atomic mass is 10.1. The zero-order valence-corrected chi connectivity index (χ0v) is 27.0. The predicted molar refractivity (Wildman–Crippen MR) is 188 cm³/mol. The van der Waals surface area contributed by atoms with Crippen molar-refractivity contribution < 1.29 is 4.79 Å². The number of benzene rings is 4. The molecule has 0 heterocycles. The summed E-state index contributed by atoms with van der Waals surface area (Å²) in [6, 6.07) is 45.2. The third-order valence-corrected chi connectivity index (χ3v) is 19.4. The molecule has 0 aromatic heterocycles. The second kappa shape index (κ2) is 12.7. The van der Waals surface area contributed by atoms with E-state index in [4.69, 9.17) is 0 Å². The smallest absolute Gasteiger partial charge is 0.179 e. The highest BCUT2D eigenvalue weighted by Crippen LogP contribution is 2.46. The number of allylic oxidation sites excluding steroid dienone is 6. The lowest BCUT2D eigenvalue weighted by Crippen LogP contribution is -2.64. The van der Waals surface area contributed by atoms with Gasteiger partial charge in [0.25, 0.3) is 0 Å². The Morgan fingerprint density at radius 2 is 0.791 bits per heavy atom. The van der Waals surface area contributed by atoms with Crippen LogP contribution in [0.1, 0.15) is 32.1 Å². The second-order valence-corrected chi connectivity index (χ2v) is 19.6. The quantitative estimate of drug-likeness (QED) is 0.142. The van der Waals surface area contributed by atoms with Crippen LogP contribution in [0.2, 0.25) is 12.1 Å². The Balaban J connectivity index is 1.71. The highest BCUT2D eigenvalue weighted by molar-refractivity contribution is 7.15. The first kappa shape index (κ1) is 29.0. The molecule has 0 saturated heterocycles. The molecule has 1 nitrogen and oxygen atoms in total. The lowest BCUT2D eigenvalue weighted by Gasteiger charge is -2.37. The van der Waals surface area contributed by atoms with Crippen LogP contribution >= 0.6 is 0 Å². The molecule has 1 fully saturated rings. The predicted octanol–water partition coefficient (Wildman–Crippen LogP) is 7.10. The molecule has 4 aromatic rings. The minimum Gasteiger partial charge on any atom is -0.290 e. The third-order valence-electron chi connectivity index (χ3n) is 9.60. The molecule has 0 N–H and O–H groups in total. The molecule has 2 aliphatic rings. The van der Waals surface area contributed by atoms with Crippen molar-refractivity contribution in [2.24, 2.45) is 0 Å². The monoisotopic (exact) mass is 592 g/mol. The Hall–Kier alpha value is -4.06. The molecule has 6 rings (SSSR count). The molecule has 214 valence electrons. The summed E-state index contributed by atoms with van der Waals surface area (Å²) in [5.74, 6) is 0.300. The maximum Gasteiger partial charge on any atom is 0.179 e. The van der Waals surface area contributed by atoms with Gasteiger partial charge in [-0.05, 0) is 69.7 Å². The Morgan fingerprint density at radius 1 is 0.488 bits per heavy atom. The number of Topliss-reactive ketones (excluding diaryl/α,β-unsaturated/α-hetero) is 1. The summed E-state index contributed by atoms with van der Waals surface area (Å²) < 4.78 is 0. The molecular weight excluding hydrogens is 553 g/mol. The van der Waals surface area contributed by atoms with Crippen molar-refractivity contribution >= 4 is 42.7 Å². The summed E-state index contributed by atoms with van der Waals surface area (Å²) in [6.45, 7) is 8.58. The van der Waals surface area contributed by atoms with Gasteiger partial charge in [-0.1, -0.05) is 140 Å². The molecule has 2 aliphatic carbocycles. The highest BCUT2D eigenvalue weighted by atomic mass is 28.3. The molecule has 4 aromatic carbocycles. The summed E-state index contributed by atoms with van der Waals surface area (Å²) in [6.07, 6.45) is 9.52. The van der Waals surface area contributed by atoms with Crippen molar-refractivity contribution in [3.63, 3.8) is 0 Å². The van der Waals surface area contributed by atoms with Gasteiger partial charge in [-0.2, -0.15) is 0 Å². The first-order valence-electron chi connectivity index (χ1n) is 15.6. The van der Waals surface area contributed by atoms with Crippen molar-refractivity contribution in [1.29, 1.82) is 0 Å². The van der Waals surface area contributed by atoms with Gasteiger partial charge in [0.15, 0.2) is 21.9 Å². The molecule has 0 atom stereocenters. The van der Waals surface area contributed by atoms with E-state index in [1.54, 1.807) is 0 Å². The maximum atomic E-state index is 15.8. The lowest BCUT2D eigenvalue weighted by molar-refractivity contribution is -0.111. The van der Waals surface area contributed by atoms with E-state index in [-0.39, 0.29) is 0 Å². The van der Waals surface area contributed by atoms with Gasteiger partial charge in [0.1, 0.15) is 0 Å². The van der Waals surface area contributed by atoms with Gasteiger partial charge in [0.2, 0.25) is 0 Å². The summed E-state index contributed by atoms with van der Waals surface area (Å²) in [5, 5.41) is 7.39. The van der Waals surface area contributed by atoms with E-state index < -0.39 is 16.1 Å². The van der Waals surface area contributed by atoms with Crippen LogP contribution in [0.5, 0.6) is 0 Å². The molecule has 3 heteroatoms. The van der Waals surface area contributed by atoms with Crippen LogP contribution in [0.4, 0.5) is 0 Å². The van der Waals surface area contributed by atoms with Gasteiger partial charge in [0, 0.05) is 10.4 Å². The van der Waals surface area contributed by atoms with E-state index in [9.17, 15) is 0 Å². The van der Waals surface area contributed by atoms with E-state index in [1.165, 1.54) is 38.3 Å². The third kappa shape index (κ3) is 4.91. The zero-order valence-electron chi connectivity index (χ0n) is 25.0. The topological polar surface area (TPSA) is 17.1 Å². The zero-order chi connectivity index (χ0) is 29.7. The SMILES string of the molecule is C=CC[Si](C1=C2CCCCCC2=C([Si](CC=C)(c2ccccc2)c2ccccc2)C1=O)(c1ccccc1)c1ccccc1. The van der Waals surface area contributed by atoms with Crippen LogP contribution in [0, 0.1) is 0 Å². The van der Waals surface area contributed by atoms with Crippen LogP contribution in [-0.2, 0) is 4.79 Å². The summed E-state index contributed by atoms with van der Waals surface area (Å²) in [5.41, 5.74) is 2.71. The fourth-order valence-electron chi connectivity index (χ4n) is 7.85. The Kier molecular flexibility index (Phi) is 8.55. The number of carbonyl (C=O) groups excluding carboxylic acids is 1. The van der Waals surface area contributed by atoms with Gasteiger partial charge in [-0.3, -0.25) is 4.79 Å². The number of hydrogen-bond acceptors (Lipinski definition) is 1. The van der Waals surface area contributed by atoms with Crippen LogP contribution in [0.25, 0.3) is 0 Å². The standard InChI is InChI=1S/C40H40OSi2/c1-3-30-42(32-20-10-5-11-21-32,33-22-12-6-13-23-33)39-36-28-18-9-19-29-37(36)40(38(39)41)43(31-4-2,34-24-14-7-15-25-34)35-26-16-8-17-27-35/h3-8,10-17,20-27H,1-2,9,18-19,28-31H2. The van der Waals surface area contributed by atoms with Gasteiger partial charge in [-0.15, -0.1) is 13.2 Å². The molecular formula is C40H40OSi2. The number of ketones is 1. The van der Waals surface area contributed by atoms with Crippen LogP contribution in [0.15, 0.2) is 168 Å². The van der Waals surface area contributed by atoms with E-state index in [0.29, 0.717) is 5.78 Å². The first-order chi connectivity index (χ1) is 21.2. The van der Waals surface area contributed by atoms with E-state index in [1.807, 2.05) is 0 Å². The molecule has 0 aliphatic heterocycles. The van der Waals surface area contributed by atoms with Crippen molar-refractivity contribution in [1.82, 2.24) is 0 Å². The highest BCUT2D eigenvalue weighted by Gasteiger charge is 2.54.